The van der Waals surface area contributed by atoms with E-state index in [1.54, 1.807) is 0 Å². The van der Waals surface area contributed by atoms with E-state index in [2.05, 4.69) is 0 Å². The van der Waals surface area contributed by atoms with Gasteiger partial charge >= 0.3 is 12.3 Å². The molecule has 0 spiro atoms. The van der Waals surface area contributed by atoms with Gasteiger partial charge in [0, 0.05) is 13.1 Å². The average Bonchev–Trinajstić information content (AvgIpc) is 2.16. The highest BCUT2D eigenvalue weighted by molar-refractivity contribution is 5.84. The van der Waals surface area contributed by atoms with Crippen molar-refractivity contribution in [1.82, 2.24) is 4.90 Å². The molecule has 0 aromatic carbocycles. The van der Waals surface area contributed by atoms with Crippen LogP contribution < -0.4 is 0 Å². The zero-order valence-corrected chi connectivity index (χ0v) is 8.89. The van der Waals surface area contributed by atoms with E-state index in [1.807, 2.05) is 0 Å². The van der Waals surface area contributed by atoms with Crippen LogP contribution in [0.1, 0.15) is 32.1 Å². The molecule has 0 aromatic heterocycles. The van der Waals surface area contributed by atoms with Gasteiger partial charge in [-0.25, -0.2) is 8.78 Å². The number of carbonyl (C=O) groups excluding carboxylic acids is 1. The molecule has 0 atom stereocenters. The summed E-state index contributed by atoms with van der Waals surface area (Å²) in [6.45, 7) is 0.308. The summed E-state index contributed by atoms with van der Waals surface area (Å²) in [5, 5.41) is 0. The van der Waals surface area contributed by atoms with Crippen molar-refractivity contribution in [2.24, 2.45) is 0 Å². The third kappa shape index (κ3) is 3.09. The summed E-state index contributed by atoms with van der Waals surface area (Å²) >= 11 is 0. The minimum atomic E-state index is -4.54. The number of rotatable bonds is 2. The van der Waals surface area contributed by atoms with Crippen LogP contribution in [0, 0.1) is 0 Å². The number of hydrogen-bond donors (Lipinski definition) is 0. The van der Waals surface area contributed by atoms with E-state index in [4.69, 9.17) is 0 Å². The Morgan fingerprint density at radius 3 is 1.88 bits per heavy atom. The highest BCUT2D eigenvalue weighted by Crippen LogP contribution is 2.26. The van der Waals surface area contributed by atoms with Crippen LogP contribution in [0.25, 0.3) is 0 Å². The molecule has 0 saturated carbocycles. The summed E-state index contributed by atoms with van der Waals surface area (Å²) in [6.07, 6.45) is -0.0114. The molecule has 0 N–H and O–H groups in total. The van der Waals surface area contributed by atoms with E-state index >= 15 is 0 Å². The lowest BCUT2D eigenvalue weighted by Crippen LogP contribution is -2.48. The van der Waals surface area contributed by atoms with Crippen LogP contribution in [0.5, 0.6) is 0 Å². The van der Waals surface area contributed by atoms with Crippen LogP contribution >= 0.6 is 0 Å². The molecule has 1 fully saturated rings. The molecular weight excluding hydrogens is 226 g/mol. The largest absolute Gasteiger partial charge is 0.383 e. The second-order valence-electron chi connectivity index (χ2n) is 3.98. The SMILES string of the molecule is O=C(N1CCCCCCC1)C(F)(F)C(F)F. The van der Waals surface area contributed by atoms with Gasteiger partial charge < -0.3 is 4.90 Å². The first-order valence-electron chi connectivity index (χ1n) is 5.41. The Morgan fingerprint density at radius 2 is 1.44 bits per heavy atom. The minimum Gasteiger partial charge on any atom is -0.337 e. The lowest BCUT2D eigenvalue weighted by atomic mass is 10.1. The van der Waals surface area contributed by atoms with Gasteiger partial charge in [0.1, 0.15) is 0 Å². The predicted octanol–water partition coefficient (Wildman–Crippen LogP) is 2.68. The van der Waals surface area contributed by atoms with Crippen LogP contribution in [0.2, 0.25) is 0 Å². The summed E-state index contributed by atoms with van der Waals surface area (Å²) in [7, 11) is 0. The van der Waals surface area contributed by atoms with Crippen LogP contribution in [0.15, 0.2) is 0 Å². The number of likely N-dealkylation sites (tertiary alicyclic amines) is 1. The fourth-order valence-corrected chi connectivity index (χ4v) is 1.75. The van der Waals surface area contributed by atoms with Crippen molar-refractivity contribution in [3.63, 3.8) is 0 Å². The maximum atomic E-state index is 12.8. The van der Waals surface area contributed by atoms with E-state index in [-0.39, 0.29) is 13.1 Å². The molecule has 1 aliphatic rings. The third-order valence-electron chi connectivity index (χ3n) is 2.70. The maximum absolute atomic E-state index is 12.8. The smallest absolute Gasteiger partial charge is 0.337 e. The van der Waals surface area contributed by atoms with Crippen LogP contribution in [0.3, 0.4) is 0 Å². The molecule has 1 rings (SSSR count). The fraction of sp³-hybridized carbons (Fsp3) is 0.900. The van der Waals surface area contributed by atoms with Crippen molar-refractivity contribution in [2.75, 3.05) is 13.1 Å². The molecule has 0 aromatic rings. The number of alkyl halides is 4. The van der Waals surface area contributed by atoms with Crippen LogP contribution in [0.4, 0.5) is 17.6 Å². The average molecular weight is 241 g/mol. The summed E-state index contributed by atoms with van der Waals surface area (Å²) in [5.74, 6) is -6.27. The van der Waals surface area contributed by atoms with Crippen molar-refractivity contribution in [2.45, 2.75) is 44.5 Å². The second-order valence-corrected chi connectivity index (χ2v) is 3.98. The van der Waals surface area contributed by atoms with Crippen molar-refractivity contribution < 1.29 is 22.4 Å². The Kier molecular flexibility index (Phi) is 4.56. The molecule has 1 aliphatic heterocycles. The van der Waals surface area contributed by atoms with E-state index < -0.39 is 18.3 Å². The Labute approximate surface area is 91.6 Å². The highest BCUT2D eigenvalue weighted by atomic mass is 19.3. The number of hydrogen-bond acceptors (Lipinski definition) is 1. The third-order valence-corrected chi connectivity index (χ3v) is 2.70. The summed E-state index contributed by atoms with van der Waals surface area (Å²) in [4.78, 5) is 12.1. The Hall–Kier alpha value is -0.810. The molecule has 0 radical (unpaired) electrons. The van der Waals surface area contributed by atoms with Crippen molar-refractivity contribution in [3.05, 3.63) is 0 Å². The van der Waals surface area contributed by atoms with Gasteiger partial charge in [0.2, 0.25) is 0 Å². The molecule has 6 heteroatoms. The van der Waals surface area contributed by atoms with Gasteiger partial charge in [-0.3, -0.25) is 4.79 Å². The monoisotopic (exact) mass is 241 g/mol. The normalized spacial score (nSPS) is 19.4. The maximum Gasteiger partial charge on any atom is 0.383 e. The predicted molar refractivity (Wildman–Crippen MR) is 50.6 cm³/mol. The number of amides is 1. The molecule has 1 heterocycles. The number of carbonyl (C=O) groups is 1. The summed E-state index contributed by atoms with van der Waals surface area (Å²) in [5.41, 5.74) is 0. The molecule has 1 saturated heterocycles. The zero-order chi connectivity index (χ0) is 12.2. The van der Waals surface area contributed by atoms with Crippen molar-refractivity contribution in [1.29, 1.82) is 0 Å². The summed E-state index contributed by atoms with van der Waals surface area (Å²) in [6, 6.07) is 0. The first-order valence-corrected chi connectivity index (χ1v) is 5.41. The molecule has 1 amide bonds. The molecule has 94 valence electrons. The highest BCUT2D eigenvalue weighted by Gasteiger charge is 2.50. The minimum absolute atomic E-state index is 0.154. The Morgan fingerprint density at radius 1 is 1.00 bits per heavy atom. The van der Waals surface area contributed by atoms with Gasteiger partial charge in [0.25, 0.3) is 5.91 Å². The Bertz CT molecular complexity index is 237. The van der Waals surface area contributed by atoms with Gasteiger partial charge in [-0.05, 0) is 12.8 Å². The molecule has 16 heavy (non-hydrogen) atoms. The van der Waals surface area contributed by atoms with Gasteiger partial charge in [-0.1, -0.05) is 19.3 Å². The van der Waals surface area contributed by atoms with Gasteiger partial charge in [-0.15, -0.1) is 0 Å². The van der Waals surface area contributed by atoms with E-state index in [1.165, 1.54) is 0 Å². The van der Waals surface area contributed by atoms with Crippen LogP contribution in [-0.2, 0) is 4.79 Å². The lowest BCUT2D eigenvalue weighted by molar-refractivity contribution is -0.180. The van der Waals surface area contributed by atoms with Gasteiger partial charge in [0.15, 0.2) is 0 Å². The first-order chi connectivity index (χ1) is 7.46. The quantitative estimate of drug-likeness (QED) is 0.681. The number of halogens is 4. The van der Waals surface area contributed by atoms with E-state index in [0.717, 1.165) is 24.2 Å². The molecular formula is C10H15F4NO. The fourth-order valence-electron chi connectivity index (χ4n) is 1.75. The molecule has 0 unspecified atom stereocenters. The van der Waals surface area contributed by atoms with Crippen molar-refractivity contribution in [3.8, 4) is 0 Å². The second kappa shape index (κ2) is 5.50. The standard InChI is InChI=1S/C10H15F4NO/c11-8(12)10(13,14)9(16)15-6-4-2-1-3-5-7-15/h8H,1-7H2. The molecule has 2 nitrogen and oxygen atoms in total. The van der Waals surface area contributed by atoms with E-state index in [9.17, 15) is 22.4 Å². The molecule has 0 bridgehead atoms. The molecule has 0 aliphatic carbocycles. The Balaban J connectivity index is 2.63. The first kappa shape index (κ1) is 13.3. The zero-order valence-electron chi connectivity index (χ0n) is 8.89. The van der Waals surface area contributed by atoms with E-state index in [0.29, 0.717) is 12.8 Å². The summed E-state index contributed by atoms with van der Waals surface area (Å²) < 4.78 is 49.6. The topological polar surface area (TPSA) is 20.3 Å². The number of nitrogens with zero attached hydrogens (tertiary/aromatic N) is 1. The van der Waals surface area contributed by atoms with Crippen molar-refractivity contribution >= 4 is 5.91 Å². The van der Waals surface area contributed by atoms with Gasteiger partial charge in [0.05, 0.1) is 0 Å². The van der Waals surface area contributed by atoms with Gasteiger partial charge in [-0.2, -0.15) is 8.78 Å². The van der Waals surface area contributed by atoms with Crippen LogP contribution in [-0.4, -0.2) is 36.2 Å². The lowest BCUT2D eigenvalue weighted by Gasteiger charge is -2.28.